The van der Waals surface area contributed by atoms with E-state index in [1.54, 1.807) is 6.07 Å². The average Bonchev–Trinajstić information content (AvgIpc) is 2.90. The normalized spacial score (nSPS) is 12.3. The van der Waals surface area contributed by atoms with Crippen LogP contribution in [0.4, 0.5) is 0 Å². The maximum Gasteiger partial charge on any atom is 0.326 e. The van der Waals surface area contributed by atoms with Gasteiger partial charge in [-0.15, -0.1) is 0 Å². The Morgan fingerprint density at radius 2 is 2.09 bits per heavy atom. The van der Waals surface area contributed by atoms with Crippen molar-refractivity contribution in [1.29, 1.82) is 0 Å². The van der Waals surface area contributed by atoms with Crippen LogP contribution in [0.2, 0.25) is 0 Å². The zero-order valence-electron chi connectivity index (χ0n) is 13.4. The Morgan fingerprint density at radius 3 is 2.74 bits per heavy atom. The largest absolute Gasteiger partial charge is 0.480 e. The van der Waals surface area contributed by atoms with Crippen molar-refractivity contribution in [3.63, 3.8) is 0 Å². The first-order chi connectivity index (χ1) is 11.1. The van der Waals surface area contributed by atoms with Crippen LogP contribution >= 0.6 is 0 Å². The Balaban J connectivity index is 2.29. The van der Waals surface area contributed by atoms with Crippen LogP contribution in [0.3, 0.4) is 0 Å². The monoisotopic (exact) mass is 318 g/mol. The van der Waals surface area contributed by atoms with Crippen molar-refractivity contribution >= 4 is 22.8 Å². The fraction of sp³-hybridized carbons (Fsp3) is 0.412. The lowest BCUT2D eigenvalue weighted by atomic mass is 10.2. The van der Waals surface area contributed by atoms with Gasteiger partial charge in [0.25, 0.3) is 5.91 Å². The maximum absolute atomic E-state index is 12.6. The first-order valence-corrected chi connectivity index (χ1v) is 7.69. The van der Waals surface area contributed by atoms with Crippen LogP contribution < -0.4 is 5.32 Å². The lowest BCUT2D eigenvalue weighted by Crippen LogP contribution is -2.42. The molecular weight excluding hydrogens is 296 g/mol. The number of rotatable bonds is 8. The molecule has 0 aliphatic carbocycles. The molecule has 2 N–H and O–H groups in total. The van der Waals surface area contributed by atoms with Crippen LogP contribution in [0.15, 0.2) is 30.3 Å². The summed E-state index contributed by atoms with van der Waals surface area (Å²) >= 11 is 0. The molecule has 0 spiro atoms. The molecule has 0 aliphatic heterocycles. The Labute approximate surface area is 135 Å². The number of aryl methyl sites for hydroxylation is 1. The Kier molecular flexibility index (Phi) is 5.76. The molecule has 0 saturated carbocycles. The molecule has 1 heterocycles. The van der Waals surface area contributed by atoms with Gasteiger partial charge >= 0.3 is 5.97 Å². The van der Waals surface area contributed by atoms with Crippen molar-refractivity contribution in [2.24, 2.45) is 0 Å². The third-order valence-corrected chi connectivity index (χ3v) is 3.70. The summed E-state index contributed by atoms with van der Waals surface area (Å²) in [4.78, 5) is 23.8. The highest BCUT2D eigenvalue weighted by Crippen LogP contribution is 2.20. The van der Waals surface area contributed by atoms with E-state index in [4.69, 9.17) is 4.74 Å². The number of carboxylic acids is 1. The zero-order chi connectivity index (χ0) is 16.8. The topological polar surface area (TPSA) is 80.6 Å². The third-order valence-electron chi connectivity index (χ3n) is 3.70. The fourth-order valence-electron chi connectivity index (χ4n) is 2.59. The number of carboxylic acid groups (broad SMARTS) is 1. The molecule has 124 valence electrons. The van der Waals surface area contributed by atoms with Gasteiger partial charge in [-0.25, -0.2) is 4.79 Å². The molecule has 0 bridgehead atoms. The Bertz CT molecular complexity index is 693. The molecule has 0 saturated heterocycles. The molecule has 1 aromatic heterocycles. The zero-order valence-corrected chi connectivity index (χ0v) is 13.4. The lowest BCUT2D eigenvalue weighted by Gasteiger charge is -2.15. The van der Waals surface area contributed by atoms with Crippen LogP contribution in [0, 0.1) is 0 Å². The first-order valence-electron chi connectivity index (χ1n) is 7.69. The van der Waals surface area contributed by atoms with Gasteiger partial charge in [-0.05, 0) is 18.6 Å². The number of nitrogens with one attached hydrogen (secondary N) is 1. The Morgan fingerprint density at radius 1 is 1.35 bits per heavy atom. The summed E-state index contributed by atoms with van der Waals surface area (Å²) in [6, 6.07) is 8.58. The van der Waals surface area contributed by atoms with E-state index in [9.17, 15) is 14.7 Å². The maximum atomic E-state index is 12.6. The van der Waals surface area contributed by atoms with E-state index in [1.807, 2.05) is 35.8 Å². The molecular formula is C17H22N2O4. The summed E-state index contributed by atoms with van der Waals surface area (Å²) < 4.78 is 6.83. The summed E-state index contributed by atoms with van der Waals surface area (Å²) in [7, 11) is 1.50. The van der Waals surface area contributed by atoms with Gasteiger partial charge in [-0.2, -0.15) is 0 Å². The molecule has 0 aliphatic rings. The number of hydrogen-bond donors (Lipinski definition) is 2. The standard InChI is InChI=1S/C17H22N2O4/c1-3-9-19-14-7-5-4-6-12(14)11-15(19)16(20)18-13(17(21)22)8-10-23-2/h4-7,11,13H,3,8-10H2,1-2H3,(H,18,20)(H,21,22). The highest BCUT2D eigenvalue weighted by Gasteiger charge is 2.23. The van der Waals surface area contributed by atoms with E-state index in [0.29, 0.717) is 12.2 Å². The number of benzene rings is 1. The second kappa shape index (κ2) is 7.78. The molecule has 1 aromatic carbocycles. The van der Waals surface area contributed by atoms with Gasteiger partial charge in [-0.1, -0.05) is 25.1 Å². The van der Waals surface area contributed by atoms with Crippen molar-refractivity contribution in [2.45, 2.75) is 32.4 Å². The van der Waals surface area contributed by atoms with E-state index < -0.39 is 12.0 Å². The number of methoxy groups -OCH3 is 1. The number of para-hydroxylation sites is 1. The number of nitrogens with zero attached hydrogens (tertiary/aromatic N) is 1. The number of aliphatic carboxylic acids is 1. The minimum absolute atomic E-state index is 0.228. The van der Waals surface area contributed by atoms with Crippen molar-refractivity contribution in [3.8, 4) is 0 Å². The van der Waals surface area contributed by atoms with Crippen molar-refractivity contribution in [1.82, 2.24) is 9.88 Å². The molecule has 0 fully saturated rings. The van der Waals surface area contributed by atoms with Crippen LogP contribution in [0.5, 0.6) is 0 Å². The van der Waals surface area contributed by atoms with Crippen LogP contribution in [-0.2, 0) is 16.1 Å². The van der Waals surface area contributed by atoms with Gasteiger partial charge in [0.2, 0.25) is 0 Å². The number of hydrogen-bond acceptors (Lipinski definition) is 3. The predicted octanol–water partition coefficient (Wildman–Crippen LogP) is 2.27. The second-order valence-corrected chi connectivity index (χ2v) is 5.39. The molecule has 2 aromatic rings. The van der Waals surface area contributed by atoms with E-state index in [2.05, 4.69) is 5.32 Å². The van der Waals surface area contributed by atoms with Gasteiger partial charge in [0.1, 0.15) is 11.7 Å². The smallest absolute Gasteiger partial charge is 0.326 e. The highest BCUT2D eigenvalue weighted by atomic mass is 16.5. The van der Waals surface area contributed by atoms with E-state index in [-0.39, 0.29) is 18.9 Å². The minimum atomic E-state index is -1.06. The number of ether oxygens (including phenoxy) is 1. The molecule has 1 amide bonds. The van der Waals surface area contributed by atoms with Crippen LogP contribution in [0.1, 0.15) is 30.3 Å². The van der Waals surface area contributed by atoms with Crippen LogP contribution in [-0.4, -0.2) is 41.3 Å². The number of amides is 1. The number of aromatic nitrogens is 1. The average molecular weight is 318 g/mol. The highest BCUT2D eigenvalue weighted by molar-refractivity contribution is 6.00. The molecule has 6 heteroatoms. The van der Waals surface area contributed by atoms with Crippen molar-refractivity contribution in [3.05, 3.63) is 36.0 Å². The summed E-state index contributed by atoms with van der Waals surface area (Å²) in [5.74, 6) is -1.44. The molecule has 1 unspecified atom stereocenters. The second-order valence-electron chi connectivity index (χ2n) is 5.39. The lowest BCUT2D eigenvalue weighted by molar-refractivity contribution is -0.139. The van der Waals surface area contributed by atoms with E-state index in [0.717, 1.165) is 17.3 Å². The molecule has 1 atom stereocenters. The fourth-order valence-corrected chi connectivity index (χ4v) is 2.59. The quantitative estimate of drug-likeness (QED) is 0.782. The van der Waals surface area contributed by atoms with Crippen molar-refractivity contribution < 1.29 is 19.4 Å². The van der Waals surface area contributed by atoms with Gasteiger partial charge in [0.15, 0.2) is 0 Å². The summed E-state index contributed by atoms with van der Waals surface area (Å²) in [6.45, 7) is 3.01. The van der Waals surface area contributed by atoms with Crippen LogP contribution in [0.25, 0.3) is 10.9 Å². The van der Waals surface area contributed by atoms with E-state index in [1.165, 1.54) is 7.11 Å². The first kappa shape index (κ1) is 17.0. The summed E-state index contributed by atoms with van der Waals surface area (Å²) in [5.41, 5.74) is 1.46. The number of fused-ring (bicyclic) bond motifs is 1. The predicted molar refractivity (Wildman–Crippen MR) is 87.6 cm³/mol. The third kappa shape index (κ3) is 3.90. The molecule has 23 heavy (non-hydrogen) atoms. The van der Waals surface area contributed by atoms with Gasteiger partial charge in [0, 0.05) is 37.6 Å². The Hall–Kier alpha value is -2.34. The molecule has 2 rings (SSSR count). The SMILES string of the molecule is CCCn1c(C(=O)NC(CCOC)C(=O)O)cc2ccccc21. The summed E-state index contributed by atoms with van der Waals surface area (Å²) in [6.07, 6.45) is 1.11. The number of carbonyl (C=O) groups is 2. The van der Waals surface area contributed by atoms with E-state index >= 15 is 0 Å². The molecule has 6 nitrogen and oxygen atoms in total. The molecule has 0 radical (unpaired) electrons. The van der Waals surface area contributed by atoms with Crippen molar-refractivity contribution in [2.75, 3.05) is 13.7 Å². The summed E-state index contributed by atoms with van der Waals surface area (Å²) in [5, 5.41) is 12.8. The van der Waals surface area contributed by atoms with Gasteiger partial charge < -0.3 is 19.7 Å². The van der Waals surface area contributed by atoms with Gasteiger partial charge in [-0.3, -0.25) is 4.79 Å². The van der Waals surface area contributed by atoms with Gasteiger partial charge in [0.05, 0.1) is 0 Å². The minimum Gasteiger partial charge on any atom is -0.480 e. The number of carbonyl (C=O) groups excluding carboxylic acids is 1.